The van der Waals surface area contributed by atoms with Crippen molar-refractivity contribution >= 4 is 0 Å². The van der Waals surface area contributed by atoms with E-state index in [0.29, 0.717) is 6.42 Å². The Hall–Kier alpha value is -0.160. The zero-order valence-electron chi connectivity index (χ0n) is 14.6. The van der Waals surface area contributed by atoms with Gasteiger partial charge in [0.2, 0.25) is 0 Å². The van der Waals surface area contributed by atoms with Crippen LogP contribution in [0.25, 0.3) is 0 Å². The molecule has 0 amide bonds. The van der Waals surface area contributed by atoms with Gasteiger partial charge in [-0.25, -0.2) is 0 Å². The molecule has 0 spiro atoms. The lowest BCUT2D eigenvalue weighted by Gasteiger charge is -2.04. The lowest BCUT2D eigenvalue weighted by atomic mass is 10.1. The maximum Gasteiger partial charge on any atom is 0.153 e. The molecule has 0 heterocycles. The van der Waals surface area contributed by atoms with Crippen LogP contribution in [-0.4, -0.2) is 43.4 Å². The van der Waals surface area contributed by atoms with Crippen molar-refractivity contribution in [1.29, 1.82) is 0 Å². The van der Waals surface area contributed by atoms with E-state index in [4.69, 9.17) is 14.9 Å². The highest BCUT2D eigenvalue weighted by atomic mass is 16.6. The monoisotopic (exact) mass is 306 g/mol. The normalized spacial score (nSPS) is 13.4. The van der Waals surface area contributed by atoms with E-state index in [2.05, 4.69) is 4.74 Å². The fourth-order valence-corrected chi connectivity index (χ4v) is 1.91. The third-order valence-electron chi connectivity index (χ3n) is 3.34. The van der Waals surface area contributed by atoms with Gasteiger partial charge in [0.1, 0.15) is 0 Å². The number of hydrogen-bond acceptors (Lipinski definition) is 4. The first-order valence-corrected chi connectivity index (χ1v) is 8.46. The fourth-order valence-electron chi connectivity index (χ4n) is 1.91. The summed E-state index contributed by atoms with van der Waals surface area (Å²) >= 11 is 0. The van der Waals surface area contributed by atoms with Gasteiger partial charge in [-0.3, -0.25) is 0 Å². The van der Waals surface area contributed by atoms with Crippen molar-refractivity contribution in [3.05, 3.63) is 0 Å². The first-order valence-electron chi connectivity index (χ1n) is 8.46. The van der Waals surface area contributed by atoms with Gasteiger partial charge in [-0.1, -0.05) is 51.9 Å². The van der Waals surface area contributed by atoms with Gasteiger partial charge in [0.05, 0.1) is 6.10 Å². The van der Waals surface area contributed by atoms with E-state index in [0.717, 1.165) is 13.0 Å². The fraction of sp³-hybridized carbons (Fsp3) is 1.00. The summed E-state index contributed by atoms with van der Waals surface area (Å²) in [6.07, 6.45) is 11.3. The predicted molar refractivity (Wildman–Crippen MR) is 88.4 cm³/mol. The van der Waals surface area contributed by atoms with Gasteiger partial charge < -0.3 is 19.7 Å². The van der Waals surface area contributed by atoms with Gasteiger partial charge in [0.15, 0.2) is 6.29 Å². The second-order valence-electron chi connectivity index (χ2n) is 5.56. The molecular formula is C17H38O4. The van der Waals surface area contributed by atoms with E-state index in [1.54, 1.807) is 7.11 Å². The molecule has 0 aliphatic heterocycles. The molecule has 0 fully saturated rings. The van der Waals surface area contributed by atoms with Crippen LogP contribution in [0.3, 0.4) is 0 Å². The Kier molecular flexibility index (Phi) is 21.8. The highest BCUT2D eigenvalue weighted by Crippen LogP contribution is 2.10. The van der Waals surface area contributed by atoms with Crippen LogP contribution in [0.4, 0.5) is 0 Å². The van der Waals surface area contributed by atoms with E-state index >= 15 is 0 Å². The average Bonchev–Trinajstić information content (AvgIpc) is 2.48. The number of rotatable bonds is 13. The summed E-state index contributed by atoms with van der Waals surface area (Å²) in [6.45, 7) is 4.64. The lowest BCUT2D eigenvalue weighted by Crippen LogP contribution is -2.05. The third-order valence-corrected chi connectivity index (χ3v) is 3.34. The van der Waals surface area contributed by atoms with Crippen LogP contribution in [0.5, 0.6) is 0 Å². The first-order chi connectivity index (χ1) is 10.1. The van der Waals surface area contributed by atoms with Crippen LogP contribution in [0.2, 0.25) is 0 Å². The Balaban J connectivity index is 0. The van der Waals surface area contributed by atoms with Crippen LogP contribution < -0.4 is 0 Å². The van der Waals surface area contributed by atoms with Crippen LogP contribution in [0, 0.1) is 0 Å². The minimum atomic E-state index is -0.565. The largest absolute Gasteiger partial charge is 0.393 e. The molecule has 21 heavy (non-hydrogen) atoms. The molecular weight excluding hydrogens is 268 g/mol. The number of methoxy groups -OCH3 is 2. The molecule has 0 aromatic heterocycles. The minimum Gasteiger partial charge on any atom is -0.393 e. The zero-order valence-corrected chi connectivity index (χ0v) is 14.6. The van der Waals surface area contributed by atoms with Crippen LogP contribution in [-0.2, 0) is 9.47 Å². The molecule has 4 heteroatoms. The number of ether oxygens (including phenoxy) is 2. The van der Waals surface area contributed by atoms with Gasteiger partial charge in [-0.05, 0) is 26.2 Å². The second kappa shape index (κ2) is 19.8. The topological polar surface area (TPSA) is 58.9 Å². The van der Waals surface area contributed by atoms with Gasteiger partial charge in [0, 0.05) is 20.8 Å². The standard InChI is InChI=1S/C13H28O2.C4H10O2/c1-13(14)11-9-7-5-3-4-6-8-10-12-15-2;1-3-4(5)6-2/h13-14H,3-12H2,1-2H3;4-5H,3H2,1-2H3. The Bertz CT molecular complexity index is 170. The van der Waals surface area contributed by atoms with Gasteiger partial charge >= 0.3 is 0 Å². The SMILES string of the molecule is CCC(O)OC.COCCCCCCCCCCC(C)O. The molecule has 2 N–H and O–H groups in total. The van der Waals surface area contributed by atoms with Crippen molar-refractivity contribution in [2.24, 2.45) is 0 Å². The van der Waals surface area contributed by atoms with Crippen molar-refractivity contribution < 1.29 is 19.7 Å². The Morgan fingerprint density at radius 1 is 0.810 bits per heavy atom. The summed E-state index contributed by atoms with van der Waals surface area (Å²) in [6, 6.07) is 0. The quantitative estimate of drug-likeness (QED) is 0.400. The highest BCUT2D eigenvalue weighted by Gasteiger charge is 1.95. The molecule has 0 aromatic rings. The Morgan fingerprint density at radius 3 is 1.62 bits per heavy atom. The molecule has 0 bridgehead atoms. The van der Waals surface area contributed by atoms with E-state index in [1.807, 2.05) is 13.8 Å². The van der Waals surface area contributed by atoms with E-state index < -0.39 is 6.29 Å². The first kappa shape index (κ1) is 23.1. The maximum absolute atomic E-state index is 9.06. The highest BCUT2D eigenvalue weighted by molar-refractivity contribution is 4.50. The van der Waals surface area contributed by atoms with Crippen molar-refractivity contribution in [1.82, 2.24) is 0 Å². The molecule has 0 saturated heterocycles. The number of aliphatic hydroxyl groups is 2. The van der Waals surface area contributed by atoms with E-state index in [-0.39, 0.29) is 6.10 Å². The summed E-state index contributed by atoms with van der Waals surface area (Å²) in [5.41, 5.74) is 0. The molecule has 0 aliphatic rings. The summed E-state index contributed by atoms with van der Waals surface area (Å²) in [4.78, 5) is 0. The van der Waals surface area contributed by atoms with Crippen molar-refractivity contribution in [3.63, 3.8) is 0 Å². The minimum absolute atomic E-state index is 0.112. The predicted octanol–water partition coefficient (Wildman–Crippen LogP) is 3.89. The van der Waals surface area contributed by atoms with Crippen LogP contribution >= 0.6 is 0 Å². The van der Waals surface area contributed by atoms with E-state index in [1.165, 1.54) is 58.5 Å². The molecule has 2 atom stereocenters. The molecule has 2 unspecified atom stereocenters. The molecule has 0 aliphatic carbocycles. The maximum atomic E-state index is 9.06. The molecule has 0 saturated carbocycles. The Labute approximate surface area is 131 Å². The molecule has 130 valence electrons. The lowest BCUT2D eigenvalue weighted by molar-refractivity contribution is -0.0748. The van der Waals surface area contributed by atoms with E-state index in [9.17, 15) is 0 Å². The van der Waals surface area contributed by atoms with Crippen LogP contribution in [0.1, 0.15) is 78.1 Å². The zero-order chi connectivity index (χ0) is 16.3. The number of hydrogen-bond donors (Lipinski definition) is 2. The number of unbranched alkanes of at least 4 members (excludes halogenated alkanes) is 7. The smallest absolute Gasteiger partial charge is 0.153 e. The van der Waals surface area contributed by atoms with Gasteiger partial charge in [-0.2, -0.15) is 0 Å². The molecule has 4 nitrogen and oxygen atoms in total. The Morgan fingerprint density at radius 2 is 1.29 bits per heavy atom. The second-order valence-corrected chi connectivity index (χ2v) is 5.56. The van der Waals surface area contributed by atoms with Crippen LogP contribution in [0.15, 0.2) is 0 Å². The summed E-state index contributed by atoms with van der Waals surface area (Å²) in [7, 11) is 3.25. The molecule has 0 aromatic carbocycles. The van der Waals surface area contributed by atoms with Crippen molar-refractivity contribution in [2.45, 2.75) is 90.4 Å². The molecule has 0 rings (SSSR count). The average molecular weight is 306 g/mol. The third kappa shape index (κ3) is 25.2. The van der Waals surface area contributed by atoms with Gasteiger partial charge in [-0.15, -0.1) is 0 Å². The van der Waals surface area contributed by atoms with Crippen molar-refractivity contribution in [3.8, 4) is 0 Å². The van der Waals surface area contributed by atoms with Gasteiger partial charge in [0.25, 0.3) is 0 Å². The summed E-state index contributed by atoms with van der Waals surface area (Å²) < 4.78 is 9.46. The summed E-state index contributed by atoms with van der Waals surface area (Å²) in [5.74, 6) is 0. The number of aliphatic hydroxyl groups excluding tert-OH is 2. The summed E-state index contributed by atoms with van der Waals surface area (Å²) in [5, 5.41) is 17.5. The van der Waals surface area contributed by atoms with Crippen molar-refractivity contribution in [2.75, 3.05) is 20.8 Å². The molecule has 0 radical (unpaired) electrons.